The Hall–Kier alpha value is -5.61. The van der Waals surface area contributed by atoms with Crippen molar-refractivity contribution in [2.24, 2.45) is 0 Å². The lowest BCUT2D eigenvalue weighted by Gasteiger charge is -2.26. The number of allylic oxidation sites excluding steroid dienone is 30. The van der Waals surface area contributed by atoms with Gasteiger partial charge in [0.15, 0.2) is 12.4 Å². The van der Waals surface area contributed by atoms with Crippen LogP contribution in [-0.4, -0.2) is 82.3 Å². The summed E-state index contributed by atoms with van der Waals surface area (Å²) in [7, 11) is 5.87. The van der Waals surface area contributed by atoms with Crippen LogP contribution in [0.3, 0.4) is 0 Å². The normalized spacial score (nSPS) is 14.1. The summed E-state index contributed by atoms with van der Waals surface area (Å²) in [5.41, 5.74) is 0. The SMILES string of the molecule is CC/C=C\C/C=C\C/C=C\C/C=C\C/C=C\C/C=C\C/C=C\C/C=C\CCCCC(=O)OC(COC(=O)CCCCC/C=C\C/C=C\C/C=C\C/C=C\C/C=C\C/C=C\C/C=C\CC)COC(OCC[N+](C)(C)C)C(=O)[O-]. The number of quaternary nitrogens is 1. The number of carboxylic acids is 1. The van der Waals surface area contributed by atoms with E-state index in [1.165, 1.54) is 0 Å². The fraction of sp³-hybridized carbons (Fsp3) is 0.515. The summed E-state index contributed by atoms with van der Waals surface area (Å²) in [6.45, 7) is 4.38. The van der Waals surface area contributed by atoms with Gasteiger partial charge in [0.05, 0.1) is 40.3 Å². The molecule has 0 spiro atoms. The highest BCUT2D eigenvalue weighted by Crippen LogP contribution is 2.10. The van der Waals surface area contributed by atoms with E-state index in [4.69, 9.17) is 18.9 Å². The van der Waals surface area contributed by atoms with Crippen molar-refractivity contribution in [2.45, 2.75) is 180 Å². The molecule has 0 aliphatic rings. The van der Waals surface area contributed by atoms with Gasteiger partial charge in [-0.15, -0.1) is 0 Å². The van der Waals surface area contributed by atoms with Crippen LogP contribution in [0, 0.1) is 0 Å². The zero-order valence-corrected chi connectivity index (χ0v) is 48.5. The standard InChI is InChI=1S/C68H103NO8/c1-6-8-10-12-14-16-18-20-22-24-26-28-30-32-33-35-37-39-41-43-45-47-49-51-53-55-57-59-66(71)77-64(63-76-68(67(72)73)74-61-60-69(3,4)5)62-75-65(70)58-56-54-52-50-48-46-44-42-40-38-36-34-31-29-27-25-23-21-19-17-15-13-11-9-7-2/h8-11,14-17,20-23,26-29,32-34,36-37,39-40,42-43,45-46,48-49,51,64,68H,6-7,12-13,18-19,24-25,30-31,35,38,41,44,47,50,52-63H2,1-5H3/b10-8-,11-9-,16-14-,17-15-,22-20-,23-21-,28-26-,29-27-,33-32-,36-34-,39-37-,42-40-,45-43-,48-46-,51-49-. The third-order valence-corrected chi connectivity index (χ3v) is 11.1. The summed E-state index contributed by atoms with van der Waals surface area (Å²) < 4.78 is 22.6. The van der Waals surface area contributed by atoms with E-state index in [9.17, 15) is 19.5 Å². The number of nitrogens with zero attached hydrogens (tertiary/aromatic N) is 1. The topological polar surface area (TPSA) is 111 Å². The van der Waals surface area contributed by atoms with Crippen LogP contribution >= 0.6 is 0 Å². The molecule has 0 aromatic rings. The van der Waals surface area contributed by atoms with Crippen molar-refractivity contribution < 1.29 is 42.9 Å². The number of carboxylic acid groups (broad SMARTS) is 1. The minimum absolute atomic E-state index is 0.121. The molecule has 0 fully saturated rings. The minimum atomic E-state index is -1.66. The number of hydrogen-bond acceptors (Lipinski definition) is 8. The molecule has 0 bridgehead atoms. The van der Waals surface area contributed by atoms with Crippen LogP contribution in [0.4, 0.5) is 0 Å². The van der Waals surface area contributed by atoms with Gasteiger partial charge in [0.25, 0.3) is 0 Å². The monoisotopic (exact) mass is 1060 g/mol. The molecule has 9 nitrogen and oxygen atoms in total. The number of likely N-dealkylation sites (N-methyl/N-ethyl adjacent to an activating group) is 1. The molecule has 9 heteroatoms. The minimum Gasteiger partial charge on any atom is -0.545 e. The van der Waals surface area contributed by atoms with Crippen molar-refractivity contribution >= 4 is 17.9 Å². The predicted molar refractivity (Wildman–Crippen MR) is 324 cm³/mol. The number of aliphatic carboxylic acids is 1. The molecule has 0 radical (unpaired) electrons. The molecular weight excluding hydrogens is 959 g/mol. The lowest BCUT2D eigenvalue weighted by molar-refractivity contribution is -0.870. The van der Waals surface area contributed by atoms with E-state index in [0.717, 1.165) is 128 Å². The summed E-state index contributed by atoms with van der Waals surface area (Å²) in [6.07, 6.45) is 83.7. The van der Waals surface area contributed by atoms with E-state index < -0.39 is 30.3 Å². The van der Waals surface area contributed by atoms with Crippen molar-refractivity contribution in [3.8, 4) is 0 Å². The molecule has 2 unspecified atom stereocenters. The van der Waals surface area contributed by atoms with Crippen molar-refractivity contribution in [2.75, 3.05) is 47.5 Å². The van der Waals surface area contributed by atoms with E-state index in [2.05, 4.69) is 196 Å². The Kier molecular flexibility index (Phi) is 52.5. The van der Waals surface area contributed by atoms with Crippen LogP contribution in [0.15, 0.2) is 182 Å². The largest absolute Gasteiger partial charge is 0.545 e. The first-order valence-electron chi connectivity index (χ1n) is 28.9. The fourth-order valence-corrected chi connectivity index (χ4v) is 6.76. The molecule has 0 aromatic carbocycles. The van der Waals surface area contributed by atoms with Crippen molar-refractivity contribution in [3.05, 3.63) is 182 Å². The molecule has 2 atom stereocenters. The first kappa shape index (κ1) is 71.4. The van der Waals surface area contributed by atoms with Gasteiger partial charge in [-0.3, -0.25) is 9.59 Å². The van der Waals surface area contributed by atoms with Crippen LogP contribution in [0.5, 0.6) is 0 Å². The van der Waals surface area contributed by atoms with Crippen LogP contribution in [-0.2, 0) is 33.3 Å². The third kappa shape index (κ3) is 57.9. The van der Waals surface area contributed by atoms with Crippen LogP contribution in [0.25, 0.3) is 0 Å². The fourth-order valence-electron chi connectivity index (χ4n) is 6.76. The Bertz CT molecular complexity index is 1910. The Balaban J connectivity index is 4.49. The molecule has 0 aliphatic carbocycles. The molecular formula is C68H103NO8. The number of rotatable bonds is 50. The van der Waals surface area contributed by atoms with Gasteiger partial charge in [0, 0.05) is 12.8 Å². The van der Waals surface area contributed by atoms with E-state index >= 15 is 0 Å². The average molecular weight is 1060 g/mol. The first-order valence-corrected chi connectivity index (χ1v) is 28.9. The van der Waals surface area contributed by atoms with Crippen LogP contribution in [0.1, 0.15) is 168 Å². The quantitative estimate of drug-likeness (QED) is 0.0195. The maximum Gasteiger partial charge on any atom is 0.306 e. The summed E-state index contributed by atoms with van der Waals surface area (Å²) in [5.74, 6) is -2.42. The molecule has 0 saturated carbocycles. The highest BCUT2D eigenvalue weighted by molar-refractivity contribution is 5.70. The molecule has 0 N–H and O–H groups in total. The number of carbonyl (C=O) groups is 3. The molecule has 0 saturated heterocycles. The van der Waals surface area contributed by atoms with Gasteiger partial charge >= 0.3 is 11.9 Å². The Morgan fingerprint density at radius 1 is 0.390 bits per heavy atom. The first-order chi connectivity index (χ1) is 37.6. The van der Waals surface area contributed by atoms with Gasteiger partial charge in [0.1, 0.15) is 13.2 Å². The lowest BCUT2D eigenvalue weighted by atomic mass is 10.1. The van der Waals surface area contributed by atoms with E-state index in [1.54, 1.807) is 0 Å². The number of ether oxygens (including phenoxy) is 4. The second-order valence-corrected chi connectivity index (χ2v) is 19.5. The Morgan fingerprint density at radius 3 is 1.04 bits per heavy atom. The second-order valence-electron chi connectivity index (χ2n) is 19.5. The predicted octanol–water partition coefficient (Wildman–Crippen LogP) is 16.0. The maximum absolute atomic E-state index is 12.9. The highest BCUT2D eigenvalue weighted by atomic mass is 16.7. The number of esters is 2. The molecule has 0 heterocycles. The second kappa shape index (κ2) is 56.6. The van der Waals surface area contributed by atoms with E-state index in [-0.39, 0.29) is 32.7 Å². The molecule has 0 amide bonds. The average Bonchev–Trinajstić information content (AvgIpc) is 3.40. The van der Waals surface area contributed by atoms with Crippen molar-refractivity contribution in [3.63, 3.8) is 0 Å². The summed E-state index contributed by atoms with van der Waals surface area (Å²) in [4.78, 5) is 37.3. The van der Waals surface area contributed by atoms with Crippen LogP contribution < -0.4 is 5.11 Å². The van der Waals surface area contributed by atoms with Gasteiger partial charge in [-0.25, -0.2) is 0 Å². The third-order valence-electron chi connectivity index (χ3n) is 11.1. The summed E-state index contributed by atoms with van der Waals surface area (Å²) >= 11 is 0. The van der Waals surface area contributed by atoms with Crippen molar-refractivity contribution in [1.29, 1.82) is 0 Å². The number of hydrogen-bond donors (Lipinski definition) is 0. The maximum atomic E-state index is 12.9. The van der Waals surface area contributed by atoms with Gasteiger partial charge in [-0.05, 0) is 135 Å². The summed E-state index contributed by atoms with van der Waals surface area (Å²) in [6, 6.07) is 0. The smallest absolute Gasteiger partial charge is 0.306 e. The van der Waals surface area contributed by atoms with E-state index in [0.29, 0.717) is 23.9 Å². The molecule has 0 aromatic heterocycles. The Labute approximate surface area is 469 Å². The zero-order valence-electron chi connectivity index (χ0n) is 48.5. The molecule has 428 valence electrons. The Morgan fingerprint density at radius 2 is 0.701 bits per heavy atom. The van der Waals surface area contributed by atoms with Crippen LogP contribution in [0.2, 0.25) is 0 Å². The van der Waals surface area contributed by atoms with E-state index in [1.807, 2.05) is 21.1 Å². The van der Waals surface area contributed by atoms with Gasteiger partial charge < -0.3 is 33.3 Å². The lowest BCUT2D eigenvalue weighted by Crippen LogP contribution is -2.44. The summed E-state index contributed by atoms with van der Waals surface area (Å²) in [5, 5.41) is 11.8. The molecule has 77 heavy (non-hydrogen) atoms. The zero-order chi connectivity index (χ0) is 56.2. The highest BCUT2D eigenvalue weighted by Gasteiger charge is 2.21. The van der Waals surface area contributed by atoms with Gasteiger partial charge in [-0.2, -0.15) is 0 Å². The number of carbonyl (C=O) groups excluding carboxylic acids is 3. The number of unbranched alkanes of at least 4 members (excludes halogenated alkanes) is 5. The van der Waals surface area contributed by atoms with Gasteiger partial charge in [-0.1, -0.05) is 203 Å². The van der Waals surface area contributed by atoms with Gasteiger partial charge in [0.2, 0.25) is 0 Å². The van der Waals surface area contributed by atoms with Crippen molar-refractivity contribution in [1.82, 2.24) is 0 Å². The molecule has 0 aliphatic heterocycles. The molecule has 0 rings (SSSR count).